The molecule has 0 saturated heterocycles. The van der Waals surface area contributed by atoms with Crippen molar-refractivity contribution in [3.63, 3.8) is 0 Å². The lowest BCUT2D eigenvalue weighted by atomic mass is 10.0. The van der Waals surface area contributed by atoms with Gasteiger partial charge in [-0.05, 0) is 70.1 Å². The normalized spacial score (nSPS) is 12.6. The molecule has 162 valence electrons. The predicted molar refractivity (Wildman–Crippen MR) is 150 cm³/mol. The summed E-state index contributed by atoms with van der Waals surface area (Å²) in [7, 11) is 0. The highest BCUT2D eigenvalue weighted by molar-refractivity contribution is 6.22. The molecule has 3 nitrogen and oxygen atoms in total. The van der Waals surface area contributed by atoms with Crippen LogP contribution in [0.4, 0.5) is 0 Å². The van der Waals surface area contributed by atoms with Crippen LogP contribution in [-0.4, -0.2) is 15.0 Å². The van der Waals surface area contributed by atoms with Crippen molar-refractivity contribution in [3.05, 3.63) is 97.1 Å². The Hall–Kier alpha value is -4.76. The summed E-state index contributed by atoms with van der Waals surface area (Å²) in [6.07, 6.45) is 0. The first-order valence-electron chi connectivity index (χ1n) is 12.0. The fourth-order valence-electron chi connectivity index (χ4n) is 6.07. The lowest BCUT2D eigenvalue weighted by Gasteiger charge is -1.99. The number of hydrogen-bond acceptors (Lipinski definition) is 0. The van der Waals surface area contributed by atoms with Crippen LogP contribution in [0.15, 0.2) is 97.1 Å². The highest BCUT2D eigenvalue weighted by Gasteiger charge is 2.14. The van der Waals surface area contributed by atoms with Crippen LogP contribution in [0.3, 0.4) is 0 Å². The molecule has 3 aromatic heterocycles. The summed E-state index contributed by atoms with van der Waals surface area (Å²) in [6.45, 7) is 0. The summed E-state index contributed by atoms with van der Waals surface area (Å²) in [5.41, 5.74) is 7.01. The van der Waals surface area contributed by atoms with E-state index in [0.29, 0.717) is 0 Å². The van der Waals surface area contributed by atoms with Crippen molar-refractivity contribution < 1.29 is 0 Å². The van der Waals surface area contributed by atoms with Gasteiger partial charge in [-0.15, -0.1) is 0 Å². The minimum Gasteiger partial charge on any atom is -0.354 e. The average molecular weight is 446 g/mol. The van der Waals surface area contributed by atoms with Crippen LogP contribution in [0.1, 0.15) is 0 Å². The Kier molecular flexibility index (Phi) is 3.04. The van der Waals surface area contributed by atoms with Gasteiger partial charge < -0.3 is 15.0 Å². The minimum absolute atomic E-state index is 1.16. The summed E-state index contributed by atoms with van der Waals surface area (Å²) < 4.78 is 0. The molecule has 0 fully saturated rings. The summed E-state index contributed by atoms with van der Waals surface area (Å²) in [5.74, 6) is 0. The fraction of sp³-hybridized carbons (Fsp3) is 0. The summed E-state index contributed by atoms with van der Waals surface area (Å²) in [5, 5.41) is 12.7. The van der Waals surface area contributed by atoms with Gasteiger partial charge in [0.05, 0.1) is 0 Å². The Morgan fingerprint density at radius 2 is 0.571 bits per heavy atom. The fourth-order valence-corrected chi connectivity index (χ4v) is 6.07. The van der Waals surface area contributed by atoms with Crippen LogP contribution < -0.4 is 0 Å². The number of rotatable bonds is 0. The molecule has 0 spiro atoms. The largest absolute Gasteiger partial charge is 0.354 e. The van der Waals surface area contributed by atoms with E-state index < -0.39 is 0 Å². The maximum absolute atomic E-state index is 3.68. The lowest BCUT2D eigenvalue weighted by molar-refractivity contribution is 1.52. The maximum atomic E-state index is 3.68. The average Bonchev–Trinajstić information content (AvgIpc) is 3.52. The Labute approximate surface area is 199 Å². The molecule has 0 unspecified atom stereocenters. The second kappa shape index (κ2) is 6.02. The first-order chi connectivity index (χ1) is 17.3. The van der Waals surface area contributed by atoms with Crippen molar-refractivity contribution in [1.29, 1.82) is 0 Å². The number of aromatic nitrogens is 3. The van der Waals surface area contributed by atoms with Crippen LogP contribution in [0.5, 0.6) is 0 Å². The van der Waals surface area contributed by atoms with E-state index in [4.69, 9.17) is 0 Å². The highest BCUT2D eigenvalue weighted by Crippen LogP contribution is 2.38. The van der Waals surface area contributed by atoms with Crippen molar-refractivity contribution in [2.45, 2.75) is 0 Å². The van der Waals surface area contributed by atoms with Gasteiger partial charge in [0.15, 0.2) is 0 Å². The Bertz CT molecular complexity index is 2160. The molecule has 3 heterocycles. The summed E-state index contributed by atoms with van der Waals surface area (Å²) in [4.78, 5) is 11.0. The molecule has 9 aromatic rings. The molecule has 0 bridgehead atoms. The number of aromatic amines is 3. The first kappa shape index (κ1) is 17.7. The third kappa shape index (κ3) is 2.29. The van der Waals surface area contributed by atoms with Gasteiger partial charge in [0, 0.05) is 65.4 Å². The lowest BCUT2D eigenvalue weighted by Crippen LogP contribution is -1.73. The van der Waals surface area contributed by atoms with E-state index in [0.717, 1.165) is 22.1 Å². The van der Waals surface area contributed by atoms with Gasteiger partial charge in [-0.2, -0.15) is 0 Å². The second-order valence-electron chi connectivity index (χ2n) is 9.75. The summed E-state index contributed by atoms with van der Waals surface area (Å²) in [6, 6.07) is 35.5. The van der Waals surface area contributed by atoms with Crippen molar-refractivity contribution in [1.82, 2.24) is 15.0 Å². The monoisotopic (exact) mass is 445 g/mol. The number of benzene rings is 6. The predicted octanol–water partition coefficient (Wildman–Crippen LogP) is 8.90. The van der Waals surface area contributed by atoms with E-state index in [-0.39, 0.29) is 0 Å². The van der Waals surface area contributed by atoms with E-state index in [1.54, 1.807) is 0 Å². The molecular formula is C32H19N3. The second-order valence-corrected chi connectivity index (χ2v) is 9.75. The van der Waals surface area contributed by atoms with Gasteiger partial charge in [0.2, 0.25) is 0 Å². The molecule has 0 atom stereocenters. The van der Waals surface area contributed by atoms with E-state index in [2.05, 4.69) is 112 Å². The van der Waals surface area contributed by atoms with E-state index >= 15 is 0 Å². The molecule has 0 aliphatic heterocycles. The third-order valence-corrected chi connectivity index (χ3v) is 7.77. The van der Waals surface area contributed by atoms with E-state index in [1.165, 1.54) is 64.9 Å². The van der Waals surface area contributed by atoms with Gasteiger partial charge in [-0.3, -0.25) is 0 Å². The van der Waals surface area contributed by atoms with Gasteiger partial charge in [-0.1, -0.05) is 48.5 Å². The van der Waals surface area contributed by atoms with Crippen LogP contribution in [-0.2, 0) is 0 Å². The highest BCUT2D eigenvalue weighted by atomic mass is 14.7. The smallest absolute Gasteiger partial charge is 0.0486 e. The molecule has 3 heteroatoms. The Balaban J connectivity index is 1.38. The van der Waals surface area contributed by atoms with Crippen molar-refractivity contribution in [3.8, 4) is 0 Å². The molecule has 3 N–H and O–H groups in total. The standard InChI is InChI=1S/C32H19N3/c1-3-7-19-11-27-21(9-17(19)5-1)23-13-25-26-14-24-22-10-18-6-2-4-8-20(18)12-28(22)34-30(24)16-32(26)35-31(25)15-29(23)33-27/h1-16,33-35H. The molecule has 0 saturated carbocycles. The van der Waals surface area contributed by atoms with Gasteiger partial charge in [-0.25, -0.2) is 0 Å². The minimum atomic E-state index is 1.16. The van der Waals surface area contributed by atoms with Crippen molar-refractivity contribution in [2.24, 2.45) is 0 Å². The van der Waals surface area contributed by atoms with E-state index in [9.17, 15) is 0 Å². The molecule has 9 rings (SSSR count). The first-order valence-corrected chi connectivity index (χ1v) is 12.0. The van der Waals surface area contributed by atoms with Crippen molar-refractivity contribution >= 4 is 87.0 Å². The number of H-pyrrole nitrogens is 3. The summed E-state index contributed by atoms with van der Waals surface area (Å²) >= 11 is 0. The molecular weight excluding hydrogens is 426 g/mol. The van der Waals surface area contributed by atoms with Crippen molar-refractivity contribution in [2.75, 3.05) is 0 Å². The Morgan fingerprint density at radius 1 is 0.286 bits per heavy atom. The molecule has 35 heavy (non-hydrogen) atoms. The molecule has 0 aliphatic carbocycles. The quantitative estimate of drug-likeness (QED) is 0.209. The van der Waals surface area contributed by atoms with Crippen LogP contribution in [0, 0.1) is 0 Å². The zero-order valence-corrected chi connectivity index (χ0v) is 18.7. The number of nitrogens with one attached hydrogen (secondary N) is 3. The van der Waals surface area contributed by atoms with E-state index in [1.807, 2.05) is 0 Å². The van der Waals surface area contributed by atoms with Gasteiger partial charge in [0.25, 0.3) is 0 Å². The maximum Gasteiger partial charge on any atom is 0.0486 e. The molecule has 0 aliphatic rings. The zero-order valence-electron chi connectivity index (χ0n) is 18.7. The topological polar surface area (TPSA) is 47.4 Å². The Morgan fingerprint density at radius 3 is 0.943 bits per heavy atom. The molecule has 6 aromatic carbocycles. The van der Waals surface area contributed by atoms with Gasteiger partial charge >= 0.3 is 0 Å². The SMILES string of the molecule is c1ccc2cc3c(cc2c1)[nH]c1cc2[nH]c4cc5[nH]c6cc7ccccc7cc6c5cc4c2cc13. The van der Waals surface area contributed by atoms with Gasteiger partial charge in [0.1, 0.15) is 0 Å². The number of fused-ring (bicyclic) bond motifs is 11. The number of hydrogen-bond donors (Lipinski definition) is 3. The third-order valence-electron chi connectivity index (χ3n) is 7.77. The molecule has 0 radical (unpaired) electrons. The molecule has 0 amide bonds. The van der Waals surface area contributed by atoms with Crippen LogP contribution >= 0.6 is 0 Å². The zero-order chi connectivity index (χ0) is 22.7. The van der Waals surface area contributed by atoms with Crippen LogP contribution in [0.2, 0.25) is 0 Å². The van der Waals surface area contributed by atoms with Crippen LogP contribution in [0.25, 0.3) is 87.0 Å².